The molecular weight excluding hydrogens is 346 g/mol. The molecule has 0 spiro atoms. The number of nitrogens with one attached hydrogen (secondary N) is 1. The monoisotopic (exact) mass is 365 g/mol. The number of likely N-dealkylation sites (N-methyl/N-ethyl adjacent to an activating group) is 1. The minimum Gasteiger partial charge on any atom is -0.314 e. The Labute approximate surface area is 127 Å². The predicted molar refractivity (Wildman–Crippen MR) is 84.6 cm³/mol. The van der Waals surface area contributed by atoms with Gasteiger partial charge in [0, 0.05) is 15.4 Å². The highest BCUT2D eigenvalue weighted by Crippen LogP contribution is 2.28. The van der Waals surface area contributed by atoms with Crippen LogP contribution in [-0.4, -0.2) is 32.5 Å². The van der Waals surface area contributed by atoms with Crippen molar-refractivity contribution in [1.29, 1.82) is 0 Å². The average molecular weight is 366 g/mol. The van der Waals surface area contributed by atoms with Gasteiger partial charge in [0.2, 0.25) is 0 Å². The first-order valence-corrected chi connectivity index (χ1v) is 10.1. The zero-order chi connectivity index (χ0) is 13.9. The predicted octanol–water partition coefficient (Wildman–Crippen LogP) is 2.86. The maximum absolute atomic E-state index is 11.5. The Morgan fingerprint density at radius 3 is 2.89 bits per heavy atom. The summed E-state index contributed by atoms with van der Waals surface area (Å²) < 4.78 is 24.2. The van der Waals surface area contributed by atoms with E-state index in [0.717, 1.165) is 25.8 Å². The minimum atomic E-state index is -2.76. The van der Waals surface area contributed by atoms with Gasteiger partial charge < -0.3 is 5.32 Å². The Morgan fingerprint density at radius 2 is 2.37 bits per heavy atom. The second kappa shape index (κ2) is 6.70. The van der Waals surface area contributed by atoms with Crippen LogP contribution < -0.4 is 5.32 Å². The molecule has 0 bridgehead atoms. The first-order valence-electron chi connectivity index (χ1n) is 6.66. The summed E-state index contributed by atoms with van der Waals surface area (Å²) in [6.07, 6.45) is 2.76. The SMILES string of the molecule is CCNC(Cc1sccc1Br)CC1CCS(=O)(=O)C1. The van der Waals surface area contributed by atoms with Crippen LogP contribution in [0.3, 0.4) is 0 Å². The van der Waals surface area contributed by atoms with Crippen LogP contribution in [0.4, 0.5) is 0 Å². The highest BCUT2D eigenvalue weighted by molar-refractivity contribution is 9.10. The molecular formula is C13H20BrNO2S2. The number of hydrogen-bond acceptors (Lipinski definition) is 4. The van der Waals surface area contributed by atoms with E-state index in [1.807, 2.05) is 0 Å². The van der Waals surface area contributed by atoms with Gasteiger partial charge in [0.25, 0.3) is 0 Å². The first-order chi connectivity index (χ1) is 9.00. The Hall–Kier alpha value is 0.0900. The molecule has 1 aliphatic rings. The minimum absolute atomic E-state index is 0.327. The second-order valence-electron chi connectivity index (χ2n) is 5.16. The summed E-state index contributed by atoms with van der Waals surface area (Å²) in [5.74, 6) is 1.08. The van der Waals surface area contributed by atoms with Crippen molar-refractivity contribution in [2.45, 2.75) is 32.2 Å². The first kappa shape index (κ1) is 15.5. The molecule has 0 radical (unpaired) electrons. The van der Waals surface area contributed by atoms with Crippen molar-refractivity contribution < 1.29 is 8.42 Å². The largest absolute Gasteiger partial charge is 0.314 e. The molecule has 1 aromatic rings. The van der Waals surface area contributed by atoms with Crippen molar-refractivity contribution in [2.75, 3.05) is 18.1 Å². The van der Waals surface area contributed by atoms with Crippen LogP contribution in [0, 0.1) is 5.92 Å². The lowest BCUT2D eigenvalue weighted by Crippen LogP contribution is -2.33. The number of halogens is 1. The third-order valence-electron chi connectivity index (χ3n) is 3.56. The lowest BCUT2D eigenvalue weighted by molar-refractivity contribution is 0.410. The highest BCUT2D eigenvalue weighted by Gasteiger charge is 2.29. The summed E-state index contributed by atoms with van der Waals surface area (Å²) in [5.41, 5.74) is 0. The summed E-state index contributed by atoms with van der Waals surface area (Å²) >= 11 is 5.32. The van der Waals surface area contributed by atoms with Crippen molar-refractivity contribution in [3.8, 4) is 0 Å². The molecule has 1 aliphatic heterocycles. The molecule has 19 heavy (non-hydrogen) atoms. The standard InChI is InChI=1S/C13H20BrNO2S2/c1-2-15-11(8-13-12(14)3-5-18-13)7-10-4-6-19(16,17)9-10/h3,5,10-11,15H,2,4,6-9H2,1H3. The zero-order valence-corrected chi connectivity index (χ0v) is 14.3. The smallest absolute Gasteiger partial charge is 0.150 e. The van der Waals surface area contributed by atoms with Crippen LogP contribution in [-0.2, 0) is 16.3 Å². The molecule has 1 saturated heterocycles. The fourth-order valence-corrected chi connectivity index (χ4v) is 6.16. The van der Waals surface area contributed by atoms with Crippen LogP contribution in [0.2, 0.25) is 0 Å². The van der Waals surface area contributed by atoms with Crippen molar-refractivity contribution in [1.82, 2.24) is 5.32 Å². The normalized spacial score (nSPS) is 23.6. The molecule has 0 saturated carbocycles. The van der Waals surface area contributed by atoms with Gasteiger partial charge in [0.05, 0.1) is 11.5 Å². The molecule has 0 aromatic carbocycles. The van der Waals surface area contributed by atoms with Crippen LogP contribution >= 0.6 is 27.3 Å². The third-order valence-corrected chi connectivity index (χ3v) is 7.35. The van der Waals surface area contributed by atoms with Crippen LogP contribution in [0.15, 0.2) is 15.9 Å². The quantitative estimate of drug-likeness (QED) is 0.842. The van der Waals surface area contributed by atoms with Crippen LogP contribution in [0.5, 0.6) is 0 Å². The molecule has 2 atom stereocenters. The Kier molecular flexibility index (Phi) is 5.45. The molecule has 0 amide bonds. The van der Waals surface area contributed by atoms with E-state index in [9.17, 15) is 8.42 Å². The fourth-order valence-electron chi connectivity index (χ4n) is 2.68. The second-order valence-corrected chi connectivity index (χ2v) is 9.24. The van der Waals surface area contributed by atoms with Gasteiger partial charge in [-0.25, -0.2) is 8.42 Å². The van der Waals surface area contributed by atoms with E-state index in [4.69, 9.17) is 0 Å². The number of hydrogen-bond donors (Lipinski definition) is 1. The molecule has 6 heteroatoms. The summed E-state index contributed by atoms with van der Waals surface area (Å²) in [6, 6.07) is 2.45. The zero-order valence-electron chi connectivity index (χ0n) is 11.1. The summed E-state index contributed by atoms with van der Waals surface area (Å²) in [6.45, 7) is 3.02. The number of rotatable bonds is 6. The summed E-state index contributed by atoms with van der Waals surface area (Å²) in [4.78, 5) is 1.34. The Balaban J connectivity index is 1.95. The average Bonchev–Trinajstić information content (AvgIpc) is 2.86. The molecule has 1 fully saturated rings. The lowest BCUT2D eigenvalue weighted by atomic mass is 9.97. The van der Waals surface area contributed by atoms with Crippen molar-refractivity contribution in [3.63, 3.8) is 0 Å². The van der Waals surface area contributed by atoms with Crippen LogP contribution in [0.1, 0.15) is 24.6 Å². The molecule has 1 aromatic heterocycles. The number of sulfone groups is 1. The van der Waals surface area contributed by atoms with E-state index in [1.54, 1.807) is 11.3 Å². The van der Waals surface area contributed by atoms with Crippen molar-refractivity contribution in [2.24, 2.45) is 5.92 Å². The Morgan fingerprint density at radius 1 is 1.58 bits per heavy atom. The third kappa shape index (κ3) is 4.55. The van der Waals surface area contributed by atoms with Gasteiger partial charge >= 0.3 is 0 Å². The van der Waals surface area contributed by atoms with Crippen molar-refractivity contribution in [3.05, 3.63) is 20.8 Å². The number of thiophene rings is 1. The molecule has 2 unspecified atom stereocenters. The molecule has 2 heterocycles. The van der Waals surface area contributed by atoms with Gasteiger partial charge in [-0.2, -0.15) is 0 Å². The van der Waals surface area contributed by atoms with Gasteiger partial charge in [-0.15, -0.1) is 11.3 Å². The maximum Gasteiger partial charge on any atom is 0.150 e. The summed E-state index contributed by atoms with van der Waals surface area (Å²) in [5, 5.41) is 5.58. The van der Waals surface area contributed by atoms with Gasteiger partial charge in [0.1, 0.15) is 0 Å². The molecule has 2 rings (SSSR count). The van der Waals surface area contributed by atoms with E-state index in [1.165, 1.54) is 9.35 Å². The van der Waals surface area contributed by atoms with Crippen LogP contribution in [0.25, 0.3) is 0 Å². The highest BCUT2D eigenvalue weighted by atomic mass is 79.9. The van der Waals surface area contributed by atoms with Gasteiger partial charge in [0.15, 0.2) is 9.84 Å². The van der Waals surface area contributed by atoms with Crippen molar-refractivity contribution >= 4 is 37.1 Å². The van der Waals surface area contributed by atoms with Gasteiger partial charge in [-0.3, -0.25) is 0 Å². The van der Waals surface area contributed by atoms with Gasteiger partial charge in [-0.1, -0.05) is 6.92 Å². The molecule has 0 aliphatic carbocycles. The van der Waals surface area contributed by atoms with E-state index >= 15 is 0 Å². The van der Waals surface area contributed by atoms with E-state index in [2.05, 4.69) is 39.6 Å². The van der Waals surface area contributed by atoms with E-state index in [-0.39, 0.29) is 0 Å². The van der Waals surface area contributed by atoms with E-state index < -0.39 is 9.84 Å². The molecule has 3 nitrogen and oxygen atoms in total. The Bertz CT molecular complexity index is 512. The molecule has 1 N–H and O–H groups in total. The summed E-state index contributed by atoms with van der Waals surface area (Å²) in [7, 11) is -2.76. The van der Waals surface area contributed by atoms with Gasteiger partial charge in [-0.05, 0) is 59.1 Å². The topological polar surface area (TPSA) is 46.2 Å². The fraction of sp³-hybridized carbons (Fsp3) is 0.692. The molecule has 108 valence electrons. The lowest BCUT2D eigenvalue weighted by Gasteiger charge is -2.20. The van der Waals surface area contributed by atoms with E-state index in [0.29, 0.717) is 23.5 Å². The maximum atomic E-state index is 11.5.